The maximum Gasteiger partial charge on any atom is 0.256 e. The van der Waals surface area contributed by atoms with Crippen LogP contribution in [0.15, 0.2) is 22.7 Å². The summed E-state index contributed by atoms with van der Waals surface area (Å²) in [5.41, 5.74) is 7.22. The van der Waals surface area contributed by atoms with Gasteiger partial charge in [-0.05, 0) is 49.8 Å². The monoisotopic (exact) mass is 336 g/mol. The van der Waals surface area contributed by atoms with E-state index in [0.717, 1.165) is 23.9 Å². The van der Waals surface area contributed by atoms with Gasteiger partial charge in [0.15, 0.2) is 0 Å². The highest BCUT2D eigenvalue weighted by Gasteiger charge is 2.36. The van der Waals surface area contributed by atoms with E-state index < -0.39 is 0 Å². The molecular weight excluding hydrogens is 316 g/mol. The van der Waals surface area contributed by atoms with Crippen molar-refractivity contribution in [1.29, 1.82) is 0 Å². The highest BCUT2D eigenvalue weighted by molar-refractivity contribution is 9.10. The molecule has 2 fully saturated rings. The lowest BCUT2D eigenvalue weighted by atomic mass is 9.78. The fraction of sp³-hybridized carbons (Fsp3) is 0.562. The number of likely N-dealkylation sites (tertiary alicyclic amines) is 1. The van der Waals surface area contributed by atoms with E-state index in [-0.39, 0.29) is 5.91 Å². The smallest absolute Gasteiger partial charge is 0.256 e. The quantitative estimate of drug-likeness (QED) is 0.792. The van der Waals surface area contributed by atoms with Gasteiger partial charge in [0.25, 0.3) is 5.91 Å². The molecule has 0 spiro atoms. The van der Waals surface area contributed by atoms with Crippen molar-refractivity contribution in [2.45, 2.75) is 44.6 Å². The fourth-order valence-corrected chi connectivity index (χ4v) is 4.11. The second-order valence-corrected chi connectivity index (χ2v) is 6.90. The van der Waals surface area contributed by atoms with E-state index in [2.05, 4.69) is 20.8 Å². The minimum absolute atomic E-state index is 0.111. The summed E-state index contributed by atoms with van der Waals surface area (Å²) in [6, 6.07) is 5.97. The molecule has 0 bridgehead atoms. The van der Waals surface area contributed by atoms with Gasteiger partial charge in [0, 0.05) is 22.7 Å². The Labute approximate surface area is 128 Å². The summed E-state index contributed by atoms with van der Waals surface area (Å²) in [5, 5.41) is 0. The lowest BCUT2D eigenvalue weighted by Gasteiger charge is -2.44. The summed E-state index contributed by atoms with van der Waals surface area (Å²) in [4.78, 5) is 14.9. The number of carbonyl (C=O) groups is 1. The van der Waals surface area contributed by atoms with Crippen molar-refractivity contribution < 1.29 is 4.79 Å². The number of carbonyl (C=O) groups excluding carboxylic acids is 1. The summed E-state index contributed by atoms with van der Waals surface area (Å²) in [7, 11) is 0. The molecule has 108 valence electrons. The first kappa shape index (κ1) is 13.9. The highest BCUT2D eigenvalue weighted by Crippen LogP contribution is 2.36. The number of halogens is 1. The molecule has 1 aromatic rings. The molecule has 0 radical (unpaired) electrons. The first-order chi connectivity index (χ1) is 9.66. The number of nitrogen functional groups attached to an aromatic ring is 1. The SMILES string of the molecule is Nc1ccc(Br)cc1C(=O)N1CCC[C@H]2CCCC[C@H]21. The van der Waals surface area contributed by atoms with Crippen LogP contribution in [-0.2, 0) is 0 Å². The second-order valence-electron chi connectivity index (χ2n) is 5.98. The van der Waals surface area contributed by atoms with Gasteiger partial charge in [-0.15, -0.1) is 0 Å². The minimum atomic E-state index is 0.111. The zero-order valence-corrected chi connectivity index (χ0v) is 13.2. The predicted molar refractivity (Wildman–Crippen MR) is 84.6 cm³/mol. The van der Waals surface area contributed by atoms with E-state index in [4.69, 9.17) is 5.73 Å². The Morgan fingerprint density at radius 3 is 2.80 bits per heavy atom. The van der Waals surface area contributed by atoms with Gasteiger partial charge in [-0.3, -0.25) is 4.79 Å². The number of hydrogen-bond acceptors (Lipinski definition) is 2. The summed E-state index contributed by atoms with van der Waals surface area (Å²) in [6.07, 6.45) is 7.41. The number of amides is 1. The van der Waals surface area contributed by atoms with Crippen LogP contribution in [-0.4, -0.2) is 23.4 Å². The van der Waals surface area contributed by atoms with Crippen LogP contribution in [0.3, 0.4) is 0 Å². The molecule has 2 N–H and O–H groups in total. The molecule has 0 aromatic heterocycles. The molecule has 1 aromatic carbocycles. The van der Waals surface area contributed by atoms with Crippen LogP contribution in [0.2, 0.25) is 0 Å². The molecular formula is C16H21BrN2O. The summed E-state index contributed by atoms with van der Waals surface area (Å²) < 4.78 is 0.909. The molecule has 1 amide bonds. The number of anilines is 1. The number of fused-ring (bicyclic) bond motifs is 1. The molecule has 3 nitrogen and oxygen atoms in total. The zero-order valence-electron chi connectivity index (χ0n) is 11.6. The van der Waals surface area contributed by atoms with E-state index in [1.165, 1.54) is 25.7 Å². The number of nitrogens with two attached hydrogens (primary N) is 1. The van der Waals surface area contributed by atoms with E-state index in [1.54, 1.807) is 6.07 Å². The molecule has 4 heteroatoms. The van der Waals surface area contributed by atoms with Crippen molar-refractivity contribution in [2.75, 3.05) is 12.3 Å². The molecule has 1 saturated heterocycles. The van der Waals surface area contributed by atoms with Crippen LogP contribution in [0.25, 0.3) is 0 Å². The van der Waals surface area contributed by atoms with Gasteiger partial charge in [0.2, 0.25) is 0 Å². The van der Waals surface area contributed by atoms with Crippen molar-refractivity contribution in [3.8, 4) is 0 Å². The minimum Gasteiger partial charge on any atom is -0.398 e. The fourth-order valence-electron chi connectivity index (χ4n) is 3.75. The van der Waals surface area contributed by atoms with Gasteiger partial charge in [-0.25, -0.2) is 0 Å². The van der Waals surface area contributed by atoms with Crippen LogP contribution in [0, 0.1) is 5.92 Å². The topological polar surface area (TPSA) is 46.3 Å². The van der Waals surface area contributed by atoms with E-state index >= 15 is 0 Å². The Morgan fingerprint density at radius 1 is 1.20 bits per heavy atom. The first-order valence-corrected chi connectivity index (χ1v) is 8.32. The van der Waals surface area contributed by atoms with Gasteiger partial charge in [0.1, 0.15) is 0 Å². The van der Waals surface area contributed by atoms with Crippen molar-refractivity contribution in [3.63, 3.8) is 0 Å². The van der Waals surface area contributed by atoms with Crippen LogP contribution in [0.1, 0.15) is 48.9 Å². The average Bonchev–Trinajstić information content (AvgIpc) is 2.48. The molecule has 1 saturated carbocycles. The largest absolute Gasteiger partial charge is 0.398 e. The Balaban J connectivity index is 1.87. The van der Waals surface area contributed by atoms with E-state index in [0.29, 0.717) is 23.2 Å². The third kappa shape index (κ3) is 2.58. The van der Waals surface area contributed by atoms with Crippen LogP contribution < -0.4 is 5.73 Å². The van der Waals surface area contributed by atoms with Crippen LogP contribution >= 0.6 is 15.9 Å². The lowest BCUT2D eigenvalue weighted by Crippen LogP contribution is -2.49. The van der Waals surface area contributed by atoms with E-state index in [1.807, 2.05) is 12.1 Å². The van der Waals surface area contributed by atoms with E-state index in [9.17, 15) is 4.79 Å². The second kappa shape index (κ2) is 5.76. The van der Waals surface area contributed by atoms with Crippen molar-refractivity contribution in [3.05, 3.63) is 28.2 Å². The normalized spacial score (nSPS) is 26.1. The van der Waals surface area contributed by atoms with Crippen molar-refractivity contribution in [2.24, 2.45) is 5.92 Å². The molecule has 1 aliphatic heterocycles. The maximum atomic E-state index is 12.9. The summed E-state index contributed by atoms with van der Waals surface area (Å²) in [6.45, 7) is 0.881. The molecule has 1 aliphatic carbocycles. The number of benzene rings is 1. The highest BCUT2D eigenvalue weighted by atomic mass is 79.9. The Hall–Kier alpha value is -1.03. The zero-order chi connectivity index (χ0) is 14.1. The van der Waals surface area contributed by atoms with Gasteiger partial charge < -0.3 is 10.6 Å². The molecule has 2 atom stereocenters. The van der Waals surface area contributed by atoms with Gasteiger partial charge >= 0.3 is 0 Å². The van der Waals surface area contributed by atoms with Crippen molar-refractivity contribution >= 4 is 27.5 Å². The number of nitrogens with zero attached hydrogens (tertiary/aromatic N) is 1. The predicted octanol–water partition coefficient (Wildman–Crippen LogP) is 3.83. The number of rotatable bonds is 1. The number of piperidine rings is 1. The lowest BCUT2D eigenvalue weighted by molar-refractivity contribution is 0.0391. The Morgan fingerprint density at radius 2 is 1.95 bits per heavy atom. The van der Waals surface area contributed by atoms with Gasteiger partial charge in [0.05, 0.1) is 5.56 Å². The Kier molecular flexibility index (Phi) is 4.01. The summed E-state index contributed by atoms with van der Waals surface area (Å²) in [5.74, 6) is 0.815. The first-order valence-electron chi connectivity index (χ1n) is 7.53. The number of hydrogen-bond donors (Lipinski definition) is 1. The summed E-state index contributed by atoms with van der Waals surface area (Å²) >= 11 is 3.43. The third-order valence-electron chi connectivity index (χ3n) is 4.75. The molecule has 2 aliphatic rings. The van der Waals surface area contributed by atoms with Crippen LogP contribution in [0.5, 0.6) is 0 Å². The molecule has 0 unspecified atom stereocenters. The third-order valence-corrected chi connectivity index (χ3v) is 5.24. The van der Waals surface area contributed by atoms with Crippen molar-refractivity contribution in [1.82, 2.24) is 4.90 Å². The Bertz CT molecular complexity index is 515. The van der Waals surface area contributed by atoms with Gasteiger partial charge in [-0.1, -0.05) is 28.8 Å². The molecule has 3 rings (SSSR count). The molecule has 20 heavy (non-hydrogen) atoms. The molecule has 1 heterocycles. The average molecular weight is 337 g/mol. The maximum absolute atomic E-state index is 12.9. The standard InChI is InChI=1S/C16H21BrN2O/c17-12-7-8-14(18)13(10-12)16(20)19-9-3-5-11-4-1-2-6-15(11)19/h7-8,10-11,15H,1-6,9,18H2/t11-,15-/m1/s1. The van der Waals surface area contributed by atoms with Gasteiger partial charge in [-0.2, -0.15) is 0 Å². The van der Waals surface area contributed by atoms with Crippen LogP contribution in [0.4, 0.5) is 5.69 Å².